The first-order chi connectivity index (χ1) is 11.1. The quantitative estimate of drug-likeness (QED) is 0.716. The van der Waals surface area contributed by atoms with E-state index in [-0.39, 0.29) is 29.9 Å². The van der Waals surface area contributed by atoms with Crippen molar-refractivity contribution in [3.05, 3.63) is 35.4 Å². The molecule has 0 bridgehead atoms. The third-order valence-corrected chi connectivity index (χ3v) is 3.94. The van der Waals surface area contributed by atoms with Crippen LogP contribution in [-0.2, 0) is 10.2 Å². The highest BCUT2D eigenvalue weighted by Gasteiger charge is 2.19. The van der Waals surface area contributed by atoms with Crippen LogP contribution in [0.3, 0.4) is 0 Å². The van der Waals surface area contributed by atoms with Gasteiger partial charge in [0.2, 0.25) is 5.91 Å². The molecule has 3 N–H and O–H groups in total. The Bertz CT molecular complexity index is 547. The zero-order chi connectivity index (χ0) is 18.3. The number of hydrogen-bond donors (Lipinski definition) is 3. The standard InChI is InChI=1S/C19H30N2O3/c1-13(7-6-12-22)20-17(23)14(2)21-18(24)15-8-10-16(11-9-15)19(3,4)5/h8-11,13-14,22H,6-7,12H2,1-5H3,(H,20,23)(H,21,24). The SMILES string of the molecule is CC(CCCO)NC(=O)C(C)NC(=O)c1ccc(C(C)(C)C)cc1. The van der Waals surface area contributed by atoms with E-state index in [1.54, 1.807) is 19.1 Å². The highest BCUT2D eigenvalue weighted by molar-refractivity contribution is 5.97. The van der Waals surface area contributed by atoms with Gasteiger partial charge in [0, 0.05) is 18.2 Å². The zero-order valence-electron chi connectivity index (χ0n) is 15.3. The minimum absolute atomic E-state index is 0.0323. The number of carbonyl (C=O) groups is 2. The first kappa shape index (κ1) is 20.2. The maximum atomic E-state index is 12.3. The predicted octanol–water partition coefficient (Wildman–Crippen LogP) is 2.38. The van der Waals surface area contributed by atoms with Crippen LogP contribution in [0.5, 0.6) is 0 Å². The van der Waals surface area contributed by atoms with E-state index < -0.39 is 6.04 Å². The summed E-state index contributed by atoms with van der Waals surface area (Å²) in [5.74, 6) is -0.485. The summed E-state index contributed by atoms with van der Waals surface area (Å²) in [5, 5.41) is 14.4. The third kappa shape index (κ3) is 6.32. The Morgan fingerprint density at radius 2 is 1.67 bits per heavy atom. The summed E-state index contributed by atoms with van der Waals surface area (Å²) >= 11 is 0. The van der Waals surface area contributed by atoms with Crippen molar-refractivity contribution < 1.29 is 14.7 Å². The molecular weight excluding hydrogens is 304 g/mol. The molecule has 0 saturated heterocycles. The molecule has 1 aromatic carbocycles. The summed E-state index contributed by atoms with van der Waals surface area (Å²) in [5.41, 5.74) is 1.73. The highest BCUT2D eigenvalue weighted by atomic mass is 16.3. The molecule has 0 spiro atoms. The Kier molecular flexibility index (Phi) is 7.42. The van der Waals surface area contributed by atoms with Crippen molar-refractivity contribution in [3.8, 4) is 0 Å². The third-order valence-electron chi connectivity index (χ3n) is 3.94. The first-order valence-electron chi connectivity index (χ1n) is 8.47. The summed E-state index contributed by atoms with van der Waals surface area (Å²) < 4.78 is 0. The van der Waals surface area contributed by atoms with Gasteiger partial charge < -0.3 is 15.7 Å². The van der Waals surface area contributed by atoms with Gasteiger partial charge in [0.1, 0.15) is 6.04 Å². The molecule has 134 valence electrons. The summed E-state index contributed by atoms with van der Waals surface area (Å²) in [7, 11) is 0. The molecule has 5 heteroatoms. The molecule has 2 atom stereocenters. The Hall–Kier alpha value is -1.88. The van der Waals surface area contributed by atoms with E-state index >= 15 is 0 Å². The lowest BCUT2D eigenvalue weighted by atomic mass is 9.86. The van der Waals surface area contributed by atoms with E-state index in [4.69, 9.17) is 5.11 Å². The number of nitrogens with one attached hydrogen (secondary N) is 2. The van der Waals surface area contributed by atoms with Gasteiger partial charge in [-0.25, -0.2) is 0 Å². The second-order valence-electron chi connectivity index (χ2n) is 7.30. The molecular formula is C19H30N2O3. The lowest BCUT2D eigenvalue weighted by molar-refractivity contribution is -0.123. The molecule has 0 saturated carbocycles. The van der Waals surface area contributed by atoms with Crippen LogP contribution in [0.2, 0.25) is 0 Å². The lowest BCUT2D eigenvalue weighted by Crippen LogP contribution is -2.47. The minimum atomic E-state index is -0.614. The Morgan fingerprint density at radius 1 is 1.08 bits per heavy atom. The second-order valence-corrected chi connectivity index (χ2v) is 7.30. The van der Waals surface area contributed by atoms with Gasteiger partial charge in [0.05, 0.1) is 0 Å². The average molecular weight is 334 g/mol. The predicted molar refractivity (Wildman–Crippen MR) is 96.0 cm³/mol. The molecule has 1 aromatic rings. The van der Waals surface area contributed by atoms with Crippen LogP contribution in [0.15, 0.2) is 24.3 Å². The van der Waals surface area contributed by atoms with Crippen LogP contribution in [0.1, 0.15) is 63.4 Å². The van der Waals surface area contributed by atoms with E-state index in [2.05, 4.69) is 31.4 Å². The number of benzene rings is 1. The van der Waals surface area contributed by atoms with Crippen LogP contribution < -0.4 is 10.6 Å². The maximum Gasteiger partial charge on any atom is 0.251 e. The second kappa shape index (κ2) is 8.83. The summed E-state index contributed by atoms with van der Waals surface area (Å²) in [6.07, 6.45) is 1.35. The smallest absolute Gasteiger partial charge is 0.251 e. The number of aliphatic hydroxyl groups excluding tert-OH is 1. The number of rotatable bonds is 7. The normalized spacial score (nSPS) is 13.9. The molecule has 2 amide bonds. The Labute approximate surface area is 144 Å². The molecule has 2 unspecified atom stereocenters. The van der Waals surface area contributed by atoms with Crippen molar-refractivity contribution in [1.82, 2.24) is 10.6 Å². The summed E-state index contributed by atoms with van der Waals surface area (Å²) in [6.45, 7) is 10.0. The molecule has 0 aliphatic carbocycles. The minimum Gasteiger partial charge on any atom is -0.396 e. The fourth-order valence-corrected chi connectivity index (χ4v) is 2.30. The molecule has 0 fully saturated rings. The molecule has 0 aromatic heterocycles. The molecule has 0 aliphatic rings. The van der Waals surface area contributed by atoms with E-state index in [1.165, 1.54) is 0 Å². The molecule has 1 rings (SSSR count). The highest BCUT2D eigenvalue weighted by Crippen LogP contribution is 2.22. The van der Waals surface area contributed by atoms with Gasteiger partial charge in [0.15, 0.2) is 0 Å². The van der Waals surface area contributed by atoms with E-state index in [9.17, 15) is 9.59 Å². The summed E-state index contributed by atoms with van der Waals surface area (Å²) in [6, 6.07) is 6.80. The van der Waals surface area contributed by atoms with Gasteiger partial charge in [-0.2, -0.15) is 0 Å². The van der Waals surface area contributed by atoms with Crippen LogP contribution in [0.25, 0.3) is 0 Å². The molecule has 5 nitrogen and oxygen atoms in total. The number of hydrogen-bond acceptors (Lipinski definition) is 3. The van der Waals surface area contributed by atoms with E-state index in [0.717, 1.165) is 5.56 Å². The van der Waals surface area contributed by atoms with Gasteiger partial charge >= 0.3 is 0 Å². The topological polar surface area (TPSA) is 78.4 Å². The van der Waals surface area contributed by atoms with Gasteiger partial charge in [0.25, 0.3) is 5.91 Å². The van der Waals surface area contributed by atoms with Gasteiger partial charge in [-0.3, -0.25) is 9.59 Å². The fraction of sp³-hybridized carbons (Fsp3) is 0.579. The largest absolute Gasteiger partial charge is 0.396 e. The van der Waals surface area contributed by atoms with Crippen molar-refractivity contribution in [2.75, 3.05) is 6.61 Å². The van der Waals surface area contributed by atoms with Crippen molar-refractivity contribution >= 4 is 11.8 Å². The maximum absolute atomic E-state index is 12.3. The van der Waals surface area contributed by atoms with Gasteiger partial charge in [-0.1, -0.05) is 32.9 Å². The van der Waals surface area contributed by atoms with Gasteiger partial charge in [-0.15, -0.1) is 0 Å². The van der Waals surface area contributed by atoms with Crippen molar-refractivity contribution in [1.29, 1.82) is 0 Å². The fourth-order valence-electron chi connectivity index (χ4n) is 2.30. The van der Waals surface area contributed by atoms with Crippen LogP contribution in [0.4, 0.5) is 0 Å². The van der Waals surface area contributed by atoms with Crippen LogP contribution in [-0.4, -0.2) is 35.6 Å². The van der Waals surface area contributed by atoms with E-state index in [0.29, 0.717) is 18.4 Å². The number of aliphatic hydroxyl groups is 1. The lowest BCUT2D eigenvalue weighted by Gasteiger charge is -2.20. The Balaban J connectivity index is 2.58. The van der Waals surface area contributed by atoms with Crippen molar-refractivity contribution in [2.24, 2.45) is 0 Å². The summed E-state index contributed by atoms with van der Waals surface area (Å²) in [4.78, 5) is 24.3. The van der Waals surface area contributed by atoms with E-state index in [1.807, 2.05) is 19.1 Å². The number of carbonyl (C=O) groups excluding carboxylic acids is 2. The molecule has 0 heterocycles. The zero-order valence-corrected chi connectivity index (χ0v) is 15.3. The molecule has 0 aliphatic heterocycles. The van der Waals surface area contributed by atoms with Crippen LogP contribution >= 0.6 is 0 Å². The number of amides is 2. The molecule has 0 radical (unpaired) electrons. The monoisotopic (exact) mass is 334 g/mol. The van der Waals surface area contributed by atoms with Crippen molar-refractivity contribution in [2.45, 2.75) is 65.0 Å². The Morgan fingerprint density at radius 3 is 2.17 bits per heavy atom. The van der Waals surface area contributed by atoms with Crippen molar-refractivity contribution in [3.63, 3.8) is 0 Å². The average Bonchev–Trinajstić information content (AvgIpc) is 2.52. The molecule has 24 heavy (non-hydrogen) atoms. The van der Waals surface area contributed by atoms with Crippen LogP contribution in [0, 0.1) is 0 Å². The van der Waals surface area contributed by atoms with Gasteiger partial charge in [-0.05, 0) is 49.8 Å². The first-order valence-corrected chi connectivity index (χ1v) is 8.47.